The van der Waals surface area contributed by atoms with Crippen LogP contribution in [0.1, 0.15) is 16.8 Å². The third kappa shape index (κ3) is 3.69. The molecule has 28 heavy (non-hydrogen) atoms. The topological polar surface area (TPSA) is 81.8 Å². The lowest BCUT2D eigenvalue weighted by atomic mass is 10.1. The molecule has 0 unspecified atom stereocenters. The average Bonchev–Trinajstić information content (AvgIpc) is 2.85. The van der Waals surface area contributed by atoms with Crippen molar-refractivity contribution < 1.29 is 14.4 Å². The number of hydrogen-bond acceptors (Lipinski definition) is 4. The number of nitrogens with one attached hydrogen (secondary N) is 2. The van der Waals surface area contributed by atoms with Gasteiger partial charge >= 0.3 is 0 Å². The molecule has 0 aromatic heterocycles. The normalized spacial score (nSPS) is 19.4. The number of rotatable bonds is 3. The van der Waals surface area contributed by atoms with Gasteiger partial charge in [-0.3, -0.25) is 14.4 Å². The first-order valence-electron chi connectivity index (χ1n) is 9.40. The van der Waals surface area contributed by atoms with Gasteiger partial charge in [-0.1, -0.05) is 30.3 Å². The Hall–Kier alpha value is -3.35. The lowest BCUT2D eigenvalue weighted by Crippen LogP contribution is -2.51. The summed E-state index contributed by atoms with van der Waals surface area (Å²) in [6, 6.07) is 16.0. The van der Waals surface area contributed by atoms with Crippen molar-refractivity contribution in [1.82, 2.24) is 10.2 Å². The van der Waals surface area contributed by atoms with Crippen LogP contribution in [-0.2, 0) is 9.59 Å². The largest absolute Gasteiger partial charge is 0.368 e. The van der Waals surface area contributed by atoms with Gasteiger partial charge in [0, 0.05) is 31.9 Å². The Labute approximate surface area is 163 Å². The molecule has 2 aliphatic rings. The smallest absolute Gasteiger partial charge is 0.254 e. The summed E-state index contributed by atoms with van der Waals surface area (Å²) in [5.74, 6) is -0.839. The molecular weight excluding hydrogens is 356 g/mol. The Balaban J connectivity index is 1.37. The fourth-order valence-corrected chi connectivity index (χ4v) is 3.61. The second-order valence-electron chi connectivity index (χ2n) is 6.97. The summed E-state index contributed by atoms with van der Waals surface area (Å²) in [5.41, 5.74) is 2.02. The summed E-state index contributed by atoms with van der Waals surface area (Å²) in [4.78, 5) is 41.6. The molecule has 144 valence electrons. The van der Waals surface area contributed by atoms with Gasteiger partial charge in [0.2, 0.25) is 11.8 Å². The minimum absolute atomic E-state index is 0.0447. The van der Waals surface area contributed by atoms with Crippen molar-refractivity contribution in [2.45, 2.75) is 12.5 Å². The van der Waals surface area contributed by atoms with Crippen molar-refractivity contribution in [2.75, 3.05) is 36.4 Å². The zero-order valence-electron chi connectivity index (χ0n) is 15.4. The van der Waals surface area contributed by atoms with Gasteiger partial charge in [-0.2, -0.15) is 0 Å². The zero-order valence-corrected chi connectivity index (χ0v) is 15.4. The highest BCUT2D eigenvalue weighted by Crippen LogP contribution is 2.20. The molecule has 0 aliphatic carbocycles. The van der Waals surface area contributed by atoms with E-state index in [0.717, 1.165) is 18.8 Å². The van der Waals surface area contributed by atoms with E-state index in [2.05, 4.69) is 27.7 Å². The second-order valence-corrected chi connectivity index (χ2v) is 6.97. The predicted molar refractivity (Wildman–Crippen MR) is 106 cm³/mol. The molecule has 2 aliphatic heterocycles. The fraction of sp³-hybridized carbons (Fsp3) is 0.286. The van der Waals surface area contributed by atoms with Gasteiger partial charge in [0.05, 0.1) is 17.7 Å². The molecule has 1 fully saturated rings. The molecule has 4 rings (SSSR count). The number of hydrogen-bond donors (Lipinski definition) is 2. The Morgan fingerprint density at radius 2 is 1.61 bits per heavy atom. The van der Waals surface area contributed by atoms with Crippen LogP contribution in [0, 0.1) is 0 Å². The van der Waals surface area contributed by atoms with Crippen molar-refractivity contribution in [3.05, 3.63) is 60.2 Å². The number of para-hydroxylation sites is 2. The molecule has 1 atom stereocenters. The average molecular weight is 378 g/mol. The summed E-state index contributed by atoms with van der Waals surface area (Å²) in [5, 5.41) is 5.42. The number of carbonyl (C=O) groups is 3. The lowest BCUT2D eigenvalue weighted by molar-refractivity contribution is -0.134. The third-order valence-electron chi connectivity index (χ3n) is 5.18. The third-order valence-corrected chi connectivity index (χ3v) is 5.18. The molecule has 0 spiro atoms. The molecule has 0 radical (unpaired) electrons. The van der Waals surface area contributed by atoms with Gasteiger partial charge in [-0.05, 0) is 24.3 Å². The van der Waals surface area contributed by atoms with Crippen LogP contribution in [0.25, 0.3) is 0 Å². The summed E-state index contributed by atoms with van der Waals surface area (Å²) in [7, 11) is 0. The van der Waals surface area contributed by atoms with Crippen LogP contribution in [0.15, 0.2) is 54.6 Å². The molecule has 7 heteroatoms. The fourth-order valence-electron chi connectivity index (χ4n) is 3.61. The Morgan fingerprint density at radius 3 is 2.36 bits per heavy atom. The molecule has 2 aromatic carbocycles. The number of benzene rings is 2. The molecule has 2 heterocycles. The van der Waals surface area contributed by atoms with Gasteiger partial charge in [0.15, 0.2) is 0 Å². The summed E-state index contributed by atoms with van der Waals surface area (Å²) in [6.45, 7) is 2.67. The lowest BCUT2D eigenvalue weighted by Gasteiger charge is -2.36. The van der Waals surface area contributed by atoms with Gasteiger partial charge in [-0.25, -0.2) is 0 Å². The van der Waals surface area contributed by atoms with Crippen molar-refractivity contribution in [2.24, 2.45) is 0 Å². The first-order valence-corrected chi connectivity index (χ1v) is 9.40. The SMILES string of the molecule is O=C1N[C@H](CC(=O)N2CCN(c3ccccc3)CC2)C(=O)Nc2ccccc21. The van der Waals surface area contributed by atoms with Crippen molar-refractivity contribution in [1.29, 1.82) is 0 Å². The first kappa shape index (κ1) is 18.0. The molecule has 3 amide bonds. The van der Waals surface area contributed by atoms with Crippen LogP contribution in [-0.4, -0.2) is 54.8 Å². The van der Waals surface area contributed by atoms with E-state index < -0.39 is 6.04 Å². The number of nitrogens with zero attached hydrogens (tertiary/aromatic N) is 2. The maximum Gasteiger partial charge on any atom is 0.254 e. The number of fused-ring (bicyclic) bond motifs is 1. The van der Waals surface area contributed by atoms with Crippen LogP contribution in [0.5, 0.6) is 0 Å². The van der Waals surface area contributed by atoms with E-state index in [4.69, 9.17) is 0 Å². The Kier molecular flexibility index (Phi) is 4.97. The van der Waals surface area contributed by atoms with Crippen LogP contribution in [0.4, 0.5) is 11.4 Å². The van der Waals surface area contributed by atoms with Crippen LogP contribution < -0.4 is 15.5 Å². The molecule has 7 nitrogen and oxygen atoms in total. The minimum Gasteiger partial charge on any atom is -0.368 e. The van der Waals surface area contributed by atoms with Crippen LogP contribution >= 0.6 is 0 Å². The highest BCUT2D eigenvalue weighted by Gasteiger charge is 2.31. The van der Waals surface area contributed by atoms with E-state index in [1.165, 1.54) is 0 Å². The summed E-state index contributed by atoms with van der Waals surface area (Å²) < 4.78 is 0. The van der Waals surface area contributed by atoms with E-state index in [9.17, 15) is 14.4 Å². The predicted octanol–water partition coefficient (Wildman–Crippen LogP) is 1.48. The van der Waals surface area contributed by atoms with Gasteiger partial charge in [0.1, 0.15) is 6.04 Å². The van der Waals surface area contributed by atoms with E-state index in [1.54, 1.807) is 29.2 Å². The van der Waals surface area contributed by atoms with Crippen molar-refractivity contribution in [3.8, 4) is 0 Å². The maximum atomic E-state index is 12.7. The number of anilines is 2. The van der Waals surface area contributed by atoms with Crippen molar-refractivity contribution in [3.63, 3.8) is 0 Å². The van der Waals surface area contributed by atoms with E-state index in [-0.39, 0.29) is 24.1 Å². The highest BCUT2D eigenvalue weighted by atomic mass is 16.2. The monoisotopic (exact) mass is 378 g/mol. The Bertz CT molecular complexity index is 892. The molecule has 2 N–H and O–H groups in total. The number of carbonyl (C=O) groups excluding carboxylic acids is 3. The number of piperazine rings is 1. The van der Waals surface area contributed by atoms with Gasteiger partial charge in [-0.15, -0.1) is 0 Å². The van der Waals surface area contributed by atoms with Crippen LogP contribution in [0.3, 0.4) is 0 Å². The molecule has 2 aromatic rings. The molecule has 0 bridgehead atoms. The van der Waals surface area contributed by atoms with Gasteiger partial charge in [0.25, 0.3) is 5.91 Å². The first-order chi connectivity index (χ1) is 13.6. The Morgan fingerprint density at radius 1 is 0.929 bits per heavy atom. The highest BCUT2D eigenvalue weighted by molar-refractivity contribution is 6.10. The van der Waals surface area contributed by atoms with E-state index in [0.29, 0.717) is 24.3 Å². The minimum atomic E-state index is -0.875. The number of amides is 3. The van der Waals surface area contributed by atoms with E-state index in [1.807, 2.05) is 18.2 Å². The van der Waals surface area contributed by atoms with E-state index >= 15 is 0 Å². The van der Waals surface area contributed by atoms with Crippen molar-refractivity contribution >= 4 is 29.1 Å². The summed E-state index contributed by atoms with van der Waals surface area (Å²) >= 11 is 0. The summed E-state index contributed by atoms with van der Waals surface area (Å²) in [6.07, 6.45) is -0.0447. The molecule has 0 saturated carbocycles. The second kappa shape index (κ2) is 7.72. The standard InChI is InChI=1S/C21H22N4O3/c26-19(25-12-10-24(11-13-25)15-6-2-1-3-7-15)14-18-21(28)22-17-9-5-4-8-16(17)20(27)23-18/h1-9,18H,10-14H2,(H,22,28)(H,23,27)/t18-/m1/s1. The molecular formula is C21H22N4O3. The quantitative estimate of drug-likeness (QED) is 0.848. The maximum absolute atomic E-state index is 12.7. The van der Waals surface area contributed by atoms with Crippen LogP contribution in [0.2, 0.25) is 0 Å². The molecule has 1 saturated heterocycles. The van der Waals surface area contributed by atoms with Gasteiger partial charge < -0.3 is 20.4 Å². The zero-order chi connectivity index (χ0) is 19.5.